The summed E-state index contributed by atoms with van der Waals surface area (Å²) in [5, 5.41) is 0.135. The molecule has 0 unspecified atom stereocenters. The molecule has 1 heterocycles. The van der Waals surface area contributed by atoms with Crippen molar-refractivity contribution in [2.75, 3.05) is 6.26 Å². The summed E-state index contributed by atoms with van der Waals surface area (Å²) in [6, 6.07) is 3.71. The number of hydrogen-bond donors (Lipinski definition) is 0. The molecular formula is C6H5BrOS2. The molecule has 0 radical (unpaired) electrons. The van der Waals surface area contributed by atoms with Crippen molar-refractivity contribution < 1.29 is 4.79 Å². The van der Waals surface area contributed by atoms with Crippen molar-refractivity contribution >= 4 is 44.1 Å². The first-order valence-electron chi connectivity index (χ1n) is 2.57. The number of rotatable bonds is 1. The second-order valence-electron chi connectivity index (χ2n) is 1.60. The van der Waals surface area contributed by atoms with Crippen LogP contribution in [0.15, 0.2) is 15.9 Å². The van der Waals surface area contributed by atoms with Gasteiger partial charge in [0.15, 0.2) is 0 Å². The number of thioether (sulfide) groups is 1. The SMILES string of the molecule is CSC(=O)c1ccc(Br)s1. The summed E-state index contributed by atoms with van der Waals surface area (Å²) in [6.07, 6.45) is 1.79. The van der Waals surface area contributed by atoms with E-state index in [1.165, 1.54) is 23.1 Å². The van der Waals surface area contributed by atoms with E-state index < -0.39 is 0 Å². The third kappa shape index (κ3) is 1.84. The van der Waals surface area contributed by atoms with Gasteiger partial charge in [0.1, 0.15) is 0 Å². The molecule has 0 atom stereocenters. The van der Waals surface area contributed by atoms with Crippen molar-refractivity contribution in [3.05, 3.63) is 20.8 Å². The van der Waals surface area contributed by atoms with Crippen LogP contribution in [0.2, 0.25) is 0 Å². The second kappa shape index (κ2) is 3.55. The number of hydrogen-bond acceptors (Lipinski definition) is 3. The normalized spacial score (nSPS) is 9.80. The monoisotopic (exact) mass is 236 g/mol. The highest BCUT2D eigenvalue weighted by atomic mass is 79.9. The van der Waals surface area contributed by atoms with Gasteiger partial charge >= 0.3 is 0 Å². The molecule has 0 aliphatic heterocycles. The predicted molar refractivity (Wildman–Crippen MR) is 49.9 cm³/mol. The highest BCUT2D eigenvalue weighted by Crippen LogP contribution is 2.24. The van der Waals surface area contributed by atoms with Gasteiger partial charge in [-0.3, -0.25) is 4.79 Å². The average Bonchev–Trinajstić information content (AvgIpc) is 2.34. The Bertz CT molecular complexity index is 244. The van der Waals surface area contributed by atoms with Gasteiger partial charge in [0.25, 0.3) is 0 Å². The Morgan fingerprint density at radius 2 is 2.40 bits per heavy atom. The summed E-state index contributed by atoms with van der Waals surface area (Å²) in [7, 11) is 0. The standard InChI is InChI=1S/C6H5BrOS2/c1-9-6(8)4-2-3-5(7)10-4/h2-3H,1H3. The Kier molecular flexibility index (Phi) is 2.95. The molecule has 0 bridgehead atoms. The van der Waals surface area contributed by atoms with Crippen molar-refractivity contribution in [3.8, 4) is 0 Å². The number of thiophene rings is 1. The minimum absolute atomic E-state index is 0.135. The van der Waals surface area contributed by atoms with Gasteiger partial charge < -0.3 is 0 Å². The van der Waals surface area contributed by atoms with Crippen LogP contribution in [0.25, 0.3) is 0 Å². The van der Waals surface area contributed by atoms with Crippen molar-refractivity contribution in [3.63, 3.8) is 0 Å². The molecule has 0 N–H and O–H groups in total. The molecule has 0 fully saturated rings. The van der Waals surface area contributed by atoms with E-state index in [1.807, 2.05) is 12.1 Å². The molecule has 0 spiro atoms. The van der Waals surface area contributed by atoms with Gasteiger partial charge in [0, 0.05) is 0 Å². The van der Waals surface area contributed by atoms with Crippen LogP contribution in [0, 0.1) is 0 Å². The van der Waals surface area contributed by atoms with E-state index in [4.69, 9.17) is 0 Å². The van der Waals surface area contributed by atoms with Crippen molar-refractivity contribution in [1.29, 1.82) is 0 Å². The topological polar surface area (TPSA) is 17.1 Å². The molecular weight excluding hydrogens is 232 g/mol. The molecule has 0 saturated carbocycles. The van der Waals surface area contributed by atoms with Crippen LogP contribution in [-0.2, 0) is 0 Å². The van der Waals surface area contributed by atoms with Crippen LogP contribution in [0.4, 0.5) is 0 Å². The quantitative estimate of drug-likeness (QED) is 0.746. The van der Waals surface area contributed by atoms with Gasteiger partial charge in [0.2, 0.25) is 5.12 Å². The Morgan fingerprint density at radius 3 is 2.80 bits per heavy atom. The molecule has 4 heteroatoms. The zero-order valence-corrected chi connectivity index (χ0v) is 8.48. The Labute approximate surface area is 76.0 Å². The molecule has 0 saturated heterocycles. The van der Waals surface area contributed by atoms with Crippen LogP contribution >= 0.6 is 39.0 Å². The first kappa shape index (κ1) is 8.30. The number of carbonyl (C=O) groups is 1. The Balaban J connectivity index is 2.85. The minimum Gasteiger partial charge on any atom is -0.281 e. The van der Waals surface area contributed by atoms with Gasteiger partial charge in [-0.15, -0.1) is 11.3 Å². The average molecular weight is 237 g/mol. The first-order valence-corrected chi connectivity index (χ1v) is 5.41. The number of halogens is 1. The number of carbonyl (C=O) groups excluding carboxylic acids is 1. The van der Waals surface area contributed by atoms with E-state index in [1.54, 1.807) is 6.26 Å². The summed E-state index contributed by atoms with van der Waals surface area (Å²) in [6.45, 7) is 0. The fourth-order valence-corrected chi connectivity index (χ4v) is 2.39. The Hall–Kier alpha value is 0.200. The van der Waals surface area contributed by atoms with E-state index in [-0.39, 0.29) is 5.12 Å². The first-order chi connectivity index (χ1) is 4.74. The van der Waals surface area contributed by atoms with Crippen molar-refractivity contribution in [1.82, 2.24) is 0 Å². The van der Waals surface area contributed by atoms with Gasteiger partial charge in [-0.25, -0.2) is 0 Å². The zero-order valence-electron chi connectivity index (χ0n) is 5.26. The maximum atomic E-state index is 11.0. The molecule has 1 aromatic heterocycles. The predicted octanol–water partition coefficient (Wildman–Crippen LogP) is 3.01. The van der Waals surface area contributed by atoms with Crippen LogP contribution in [0.5, 0.6) is 0 Å². The zero-order chi connectivity index (χ0) is 7.56. The van der Waals surface area contributed by atoms with E-state index in [0.717, 1.165) is 8.66 Å². The third-order valence-electron chi connectivity index (χ3n) is 0.960. The molecule has 54 valence electrons. The molecule has 1 nitrogen and oxygen atoms in total. The maximum Gasteiger partial charge on any atom is 0.229 e. The van der Waals surface area contributed by atoms with Gasteiger partial charge in [-0.1, -0.05) is 11.8 Å². The lowest BCUT2D eigenvalue weighted by Crippen LogP contribution is -1.84. The minimum atomic E-state index is 0.135. The molecule has 0 aromatic carbocycles. The lowest BCUT2D eigenvalue weighted by Gasteiger charge is -1.86. The molecule has 0 aliphatic carbocycles. The lowest BCUT2D eigenvalue weighted by molar-refractivity contribution is 0.109. The van der Waals surface area contributed by atoms with Gasteiger partial charge in [-0.05, 0) is 34.3 Å². The van der Waals surface area contributed by atoms with Gasteiger partial charge in [-0.2, -0.15) is 0 Å². The van der Waals surface area contributed by atoms with Crippen molar-refractivity contribution in [2.24, 2.45) is 0 Å². The molecule has 0 amide bonds. The highest BCUT2D eigenvalue weighted by molar-refractivity contribution is 9.11. The Morgan fingerprint density at radius 1 is 1.70 bits per heavy atom. The summed E-state index contributed by atoms with van der Waals surface area (Å²) in [5.74, 6) is 0. The molecule has 10 heavy (non-hydrogen) atoms. The third-order valence-corrected chi connectivity index (χ3v) is 3.30. The fourth-order valence-electron chi connectivity index (χ4n) is 0.525. The summed E-state index contributed by atoms with van der Waals surface area (Å²) in [5.41, 5.74) is 0. The van der Waals surface area contributed by atoms with E-state index >= 15 is 0 Å². The molecule has 0 aliphatic rings. The van der Waals surface area contributed by atoms with Crippen LogP contribution < -0.4 is 0 Å². The van der Waals surface area contributed by atoms with E-state index in [9.17, 15) is 4.79 Å². The van der Waals surface area contributed by atoms with E-state index in [0.29, 0.717) is 0 Å². The largest absolute Gasteiger partial charge is 0.281 e. The fraction of sp³-hybridized carbons (Fsp3) is 0.167. The molecule has 1 aromatic rings. The summed E-state index contributed by atoms with van der Waals surface area (Å²) >= 11 is 6.00. The van der Waals surface area contributed by atoms with Crippen LogP contribution in [0.3, 0.4) is 0 Å². The smallest absolute Gasteiger partial charge is 0.229 e. The highest BCUT2D eigenvalue weighted by Gasteiger charge is 2.05. The van der Waals surface area contributed by atoms with E-state index in [2.05, 4.69) is 15.9 Å². The lowest BCUT2D eigenvalue weighted by atomic mass is 10.5. The van der Waals surface area contributed by atoms with Crippen molar-refractivity contribution in [2.45, 2.75) is 0 Å². The van der Waals surface area contributed by atoms with Gasteiger partial charge in [0.05, 0.1) is 8.66 Å². The summed E-state index contributed by atoms with van der Waals surface area (Å²) < 4.78 is 1.00. The maximum absolute atomic E-state index is 11.0. The van der Waals surface area contributed by atoms with Crippen LogP contribution in [0.1, 0.15) is 9.67 Å². The summed E-state index contributed by atoms with van der Waals surface area (Å²) in [4.78, 5) is 11.8. The molecule has 1 rings (SSSR count). The second-order valence-corrected chi connectivity index (χ2v) is 4.84. The van der Waals surface area contributed by atoms with Crippen LogP contribution in [-0.4, -0.2) is 11.4 Å².